The molecular formula is C11H13N3O4S2. The number of aromatic nitrogens is 2. The van der Waals surface area contributed by atoms with E-state index in [1.54, 1.807) is 6.92 Å². The second-order valence-electron chi connectivity index (χ2n) is 4.07. The number of aryl methyl sites for hydroxylation is 2. The van der Waals surface area contributed by atoms with Gasteiger partial charge in [0.25, 0.3) is 15.6 Å². The number of H-pyrrole nitrogens is 1. The van der Waals surface area contributed by atoms with Gasteiger partial charge in [-0.1, -0.05) is 11.3 Å². The Bertz CT molecular complexity index is 845. The number of thiazole rings is 1. The number of anilines is 1. The highest BCUT2D eigenvalue weighted by Crippen LogP contribution is 2.19. The summed E-state index contributed by atoms with van der Waals surface area (Å²) in [5, 5.41) is 0. The minimum atomic E-state index is -3.84. The van der Waals surface area contributed by atoms with E-state index in [4.69, 9.17) is 0 Å². The van der Waals surface area contributed by atoms with Gasteiger partial charge in [-0.25, -0.2) is 8.42 Å². The quantitative estimate of drug-likeness (QED) is 0.868. The summed E-state index contributed by atoms with van der Waals surface area (Å²) >= 11 is 0.624. The van der Waals surface area contributed by atoms with Crippen LogP contribution in [-0.4, -0.2) is 18.0 Å². The van der Waals surface area contributed by atoms with Crippen LogP contribution in [-0.2, 0) is 16.6 Å². The maximum atomic E-state index is 12.2. The number of sulfonamides is 1. The number of nitrogens with one attached hydrogen (secondary N) is 2. The van der Waals surface area contributed by atoms with Gasteiger partial charge < -0.3 is 9.55 Å². The highest BCUT2D eigenvalue weighted by atomic mass is 32.2. The summed E-state index contributed by atoms with van der Waals surface area (Å²) in [6.45, 7) is 3.73. The monoisotopic (exact) mass is 315 g/mol. The van der Waals surface area contributed by atoms with E-state index in [-0.39, 0.29) is 21.1 Å². The fourth-order valence-corrected chi connectivity index (χ4v) is 4.03. The molecule has 0 aliphatic carbocycles. The molecule has 0 spiro atoms. The molecule has 108 valence electrons. The van der Waals surface area contributed by atoms with E-state index in [2.05, 4.69) is 9.71 Å². The fraction of sp³-hybridized carbons (Fsp3) is 0.273. The van der Waals surface area contributed by atoms with Gasteiger partial charge in [-0.3, -0.25) is 14.3 Å². The molecule has 2 heterocycles. The van der Waals surface area contributed by atoms with E-state index < -0.39 is 14.9 Å². The molecule has 2 aromatic heterocycles. The van der Waals surface area contributed by atoms with Crippen molar-refractivity contribution in [3.63, 3.8) is 0 Å². The van der Waals surface area contributed by atoms with Crippen molar-refractivity contribution in [3.8, 4) is 0 Å². The molecule has 0 radical (unpaired) electrons. The average molecular weight is 315 g/mol. The predicted octanol–water partition coefficient (Wildman–Crippen LogP) is 0.727. The third kappa shape index (κ3) is 2.83. The minimum Gasteiger partial charge on any atom is -0.315 e. The molecule has 0 unspecified atom stereocenters. The van der Waals surface area contributed by atoms with E-state index in [9.17, 15) is 18.0 Å². The first kappa shape index (κ1) is 14.5. The van der Waals surface area contributed by atoms with E-state index in [1.807, 2.05) is 0 Å². The fourth-order valence-electron chi connectivity index (χ4n) is 1.69. The van der Waals surface area contributed by atoms with Crippen LogP contribution in [0.4, 0.5) is 5.69 Å². The van der Waals surface area contributed by atoms with Crippen LogP contribution >= 0.6 is 11.3 Å². The van der Waals surface area contributed by atoms with Crippen molar-refractivity contribution in [2.45, 2.75) is 24.6 Å². The van der Waals surface area contributed by atoms with Crippen LogP contribution in [0.25, 0.3) is 0 Å². The number of nitrogens with zero attached hydrogens (tertiary/aromatic N) is 1. The summed E-state index contributed by atoms with van der Waals surface area (Å²) in [7, 11) is -3.84. The van der Waals surface area contributed by atoms with Gasteiger partial charge in [0.15, 0.2) is 4.21 Å². The van der Waals surface area contributed by atoms with Crippen molar-refractivity contribution in [1.82, 2.24) is 9.55 Å². The van der Waals surface area contributed by atoms with Gasteiger partial charge in [0.05, 0.1) is 5.69 Å². The predicted molar refractivity (Wildman–Crippen MR) is 76.9 cm³/mol. The first-order chi connectivity index (χ1) is 9.33. The molecule has 2 N–H and O–H groups in total. The molecule has 0 saturated carbocycles. The van der Waals surface area contributed by atoms with Crippen molar-refractivity contribution in [3.05, 3.63) is 44.0 Å². The lowest BCUT2D eigenvalue weighted by Gasteiger charge is -2.08. The highest BCUT2D eigenvalue weighted by molar-refractivity contribution is 7.94. The molecule has 0 aliphatic rings. The number of pyridine rings is 1. The summed E-state index contributed by atoms with van der Waals surface area (Å²) in [5.41, 5.74) is 0.348. The normalized spacial score (nSPS) is 11.5. The van der Waals surface area contributed by atoms with Gasteiger partial charge in [-0.2, -0.15) is 0 Å². The average Bonchev–Trinajstić information content (AvgIpc) is 2.71. The van der Waals surface area contributed by atoms with E-state index in [0.29, 0.717) is 17.9 Å². The largest absolute Gasteiger partial charge is 0.315 e. The smallest absolute Gasteiger partial charge is 0.306 e. The number of hydrogen-bond donors (Lipinski definition) is 2. The molecule has 0 saturated heterocycles. The molecule has 0 aliphatic heterocycles. The van der Waals surface area contributed by atoms with Crippen LogP contribution in [0.5, 0.6) is 0 Å². The maximum Gasteiger partial charge on any atom is 0.306 e. The Balaban J connectivity index is 2.41. The first-order valence-corrected chi connectivity index (χ1v) is 8.06. The lowest BCUT2D eigenvalue weighted by atomic mass is 10.4. The molecule has 7 nitrogen and oxygen atoms in total. The van der Waals surface area contributed by atoms with Crippen LogP contribution in [0.3, 0.4) is 0 Å². The van der Waals surface area contributed by atoms with Crippen LogP contribution in [0.15, 0.2) is 32.1 Å². The standard InChI is InChI=1S/C11H13N3O4S2/c1-3-14-6-8(4-5-9(14)15)13-20(17,18)10-7(2)12-11(16)19-10/h4-6,13H,3H2,1-2H3,(H,12,16). The van der Waals surface area contributed by atoms with Gasteiger partial charge in [-0.05, 0) is 19.9 Å². The Morgan fingerprint density at radius 2 is 2.05 bits per heavy atom. The topological polar surface area (TPSA) is 101 Å². The Morgan fingerprint density at radius 3 is 2.60 bits per heavy atom. The molecule has 0 fully saturated rings. The summed E-state index contributed by atoms with van der Waals surface area (Å²) in [5.74, 6) is 0. The Kier molecular flexibility index (Phi) is 3.82. The van der Waals surface area contributed by atoms with Gasteiger partial charge in [0.2, 0.25) is 0 Å². The van der Waals surface area contributed by atoms with Gasteiger partial charge >= 0.3 is 4.87 Å². The summed E-state index contributed by atoms with van der Waals surface area (Å²) in [4.78, 5) is 24.6. The molecule has 2 rings (SSSR count). The lowest BCUT2D eigenvalue weighted by Crippen LogP contribution is -2.20. The van der Waals surface area contributed by atoms with Crippen LogP contribution in [0.2, 0.25) is 0 Å². The van der Waals surface area contributed by atoms with E-state index >= 15 is 0 Å². The molecule has 0 amide bonds. The molecule has 0 aromatic carbocycles. The lowest BCUT2D eigenvalue weighted by molar-refractivity contribution is 0.602. The van der Waals surface area contributed by atoms with E-state index in [1.165, 1.54) is 29.8 Å². The molecule has 9 heteroatoms. The highest BCUT2D eigenvalue weighted by Gasteiger charge is 2.20. The first-order valence-electron chi connectivity index (χ1n) is 5.76. The van der Waals surface area contributed by atoms with E-state index in [0.717, 1.165) is 0 Å². The molecule has 2 aromatic rings. The maximum absolute atomic E-state index is 12.2. The van der Waals surface area contributed by atoms with Crippen molar-refractivity contribution >= 4 is 27.0 Å². The van der Waals surface area contributed by atoms with Crippen molar-refractivity contribution in [2.24, 2.45) is 0 Å². The third-order valence-corrected chi connectivity index (χ3v) is 5.59. The van der Waals surface area contributed by atoms with Crippen LogP contribution in [0.1, 0.15) is 12.6 Å². The Morgan fingerprint density at radius 1 is 1.35 bits per heavy atom. The van der Waals surface area contributed by atoms with Gasteiger partial charge in [-0.15, -0.1) is 0 Å². The zero-order valence-corrected chi connectivity index (χ0v) is 12.5. The zero-order chi connectivity index (χ0) is 14.9. The Labute approximate surface area is 119 Å². The van der Waals surface area contributed by atoms with Crippen LogP contribution < -0.4 is 15.2 Å². The number of aromatic amines is 1. The summed E-state index contributed by atoms with van der Waals surface area (Å²) in [6, 6.07) is 2.67. The molecular weight excluding hydrogens is 302 g/mol. The minimum absolute atomic E-state index is 0.0586. The SMILES string of the molecule is CCn1cc(NS(=O)(=O)c2sc(=O)[nH]c2C)ccc1=O. The summed E-state index contributed by atoms with van der Waals surface area (Å²) in [6.07, 6.45) is 1.42. The van der Waals surface area contributed by atoms with Crippen LogP contribution in [0, 0.1) is 6.92 Å². The number of hydrogen-bond acceptors (Lipinski definition) is 5. The summed E-state index contributed by atoms with van der Waals surface area (Å²) < 4.78 is 28.0. The second-order valence-corrected chi connectivity index (χ2v) is 6.94. The molecule has 0 atom stereocenters. The van der Waals surface area contributed by atoms with Gasteiger partial charge in [0.1, 0.15) is 0 Å². The Hall–Kier alpha value is -1.87. The second kappa shape index (κ2) is 5.25. The third-order valence-electron chi connectivity index (χ3n) is 2.60. The number of rotatable bonds is 4. The van der Waals surface area contributed by atoms with Crippen molar-refractivity contribution < 1.29 is 8.42 Å². The molecule has 0 bridgehead atoms. The van der Waals surface area contributed by atoms with Crippen molar-refractivity contribution in [1.29, 1.82) is 0 Å². The van der Waals surface area contributed by atoms with Gasteiger partial charge in [0, 0.05) is 24.5 Å². The van der Waals surface area contributed by atoms with Crippen molar-refractivity contribution in [2.75, 3.05) is 4.72 Å². The molecule has 20 heavy (non-hydrogen) atoms. The zero-order valence-electron chi connectivity index (χ0n) is 10.8.